The summed E-state index contributed by atoms with van der Waals surface area (Å²) in [4.78, 5) is 23.1. The molecule has 218 valence electrons. The SMILES string of the molecule is CN1/C(=C\P(=S)(Oc2ccc(C=NNc3ccc([N+](=O)[O-])cc3[N+](=O)[O-])cc2)c2ccccc2)C(C)(C)c2ccccc21. The number of para-hydroxylation sites is 1. The van der Waals surface area contributed by atoms with Crippen LogP contribution in [0.4, 0.5) is 22.7 Å². The van der Waals surface area contributed by atoms with Gasteiger partial charge in [0.2, 0.25) is 0 Å². The van der Waals surface area contributed by atoms with Crippen LogP contribution in [0.15, 0.2) is 114 Å². The minimum Gasteiger partial charge on any atom is -0.458 e. The number of fused-ring (bicyclic) bond motifs is 1. The van der Waals surface area contributed by atoms with Crippen molar-refractivity contribution in [1.29, 1.82) is 0 Å². The van der Waals surface area contributed by atoms with E-state index in [2.05, 4.69) is 60.3 Å². The van der Waals surface area contributed by atoms with Crippen LogP contribution in [-0.2, 0) is 17.2 Å². The topological polar surface area (TPSA) is 123 Å². The first-order valence-electron chi connectivity index (χ1n) is 13.2. The maximum absolute atomic E-state index is 11.4. The van der Waals surface area contributed by atoms with Crippen LogP contribution < -0.4 is 20.2 Å². The Labute approximate surface area is 253 Å². The maximum Gasteiger partial charge on any atom is 0.301 e. The molecule has 0 aliphatic carbocycles. The minimum absolute atomic E-state index is 0.0327. The van der Waals surface area contributed by atoms with Crippen LogP contribution in [-0.4, -0.2) is 23.1 Å². The van der Waals surface area contributed by atoms with E-state index in [0.717, 1.165) is 22.8 Å². The molecule has 12 heteroatoms. The number of rotatable bonds is 9. The van der Waals surface area contributed by atoms with Crippen molar-refractivity contribution < 1.29 is 14.4 Å². The number of hydrogen-bond donors (Lipinski definition) is 1. The molecule has 0 radical (unpaired) electrons. The first-order valence-corrected chi connectivity index (χ1v) is 16.0. The standard InChI is InChI=1S/C31H28N5O5PS/c1-31(2)26-11-7-8-12-28(26)34(3)30(31)21-42(43,25-9-5-4-6-10-25)41-24-16-13-22(14-17-24)20-32-33-27-18-15-23(35(37)38)19-29(27)36(39)40/h4-21,33H,1-3H3/b30-21-,32-20?. The summed E-state index contributed by atoms with van der Waals surface area (Å²) in [5, 5.41) is 27.3. The molecule has 1 aliphatic rings. The Morgan fingerprint density at radius 2 is 1.60 bits per heavy atom. The lowest BCUT2D eigenvalue weighted by molar-refractivity contribution is -0.393. The highest BCUT2D eigenvalue weighted by Crippen LogP contribution is 2.55. The molecule has 0 fully saturated rings. The lowest BCUT2D eigenvalue weighted by Crippen LogP contribution is -2.24. The molecular weight excluding hydrogens is 585 g/mol. The third-order valence-corrected chi connectivity index (χ3v) is 10.5. The van der Waals surface area contributed by atoms with Gasteiger partial charge in [0.05, 0.1) is 22.1 Å². The number of hydrogen-bond acceptors (Lipinski definition) is 9. The van der Waals surface area contributed by atoms with Crippen LogP contribution >= 0.6 is 6.26 Å². The Bertz CT molecular complexity index is 1810. The predicted molar refractivity (Wildman–Crippen MR) is 174 cm³/mol. The van der Waals surface area contributed by atoms with Gasteiger partial charge in [-0.25, -0.2) is 0 Å². The summed E-state index contributed by atoms with van der Waals surface area (Å²) in [6, 6.07) is 28.7. The van der Waals surface area contributed by atoms with Gasteiger partial charge in [-0.05, 0) is 59.3 Å². The lowest BCUT2D eigenvalue weighted by Gasteiger charge is -2.28. The Kier molecular flexibility index (Phi) is 8.12. The van der Waals surface area contributed by atoms with Crippen molar-refractivity contribution in [3.63, 3.8) is 0 Å². The van der Waals surface area contributed by atoms with Crippen molar-refractivity contribution >= 4 is 52.3 Å². The summed E-state index contributed by atoms with van der Waals surface area (Å²) < 4.78 is 6.62. The predicted octanol–water partition coefficient (Wildman–Crippen LogP) is 7.32. The summed E-state index contributed by atoms with van der Waals surface area (Å²) in [5.74, 6) is 2.71. The monoisotopic (exact) mass is 613 g/mol. The number of nitro groups is 2. The smallest absolute Gasteiger partial charge is 0.301 e. The molecule has 1 heterocycles. The van der Waals surface area contributed by atoms with Crippen LogP contribution in [0.2, 0.25) is 0 Å². The first-order chi connectivity index (χ1) is 20.5. The summed E-state index contributed by atoms with van der Waals surface area (Å²) >= 11 is 6.32. The third-order valence-electron chi connectivity index (χ3n) is 7.26. The van der Waals surface area contributed by atoms with Gasteiger partial charge in [0, 0.05) is 41.0 Å². The fourth-order valence-corrected chi connectivity index (χ4v) is 8.08. The molecule has 4 aromatic carbocycles. The third kappa shape index (κ3) is 6.04. The van der Waals surface area contributed by atoms with Gasteiger partial charge in [0.1, 0.15) is 11.4 Å². The van der Waals surface area contributed by atoms with Gasteiger partial charge in [0.15, 0.2) is 6.26 Å². The second-order valence-corrected chi connectivity index (χ2v) is 14.2. The molecular formula is C31H28N5O5PS. The van der Waals surface area contributed by atoms with E-state index in [0.29, 0.717) is 11.3 Å². The fraction of sp³-hybridized carbons (Fsp3) is 0.129. The molecule has 4 aromatic rings. The highest BCUT2D eigenvalue weighted by molar-refractivity contribution is 8.17. The van der Waals surface area contributed by atoms with Gasteiger partial charge >= 0.3 is 5.69 Å². The lowest BCUT2D eigenvalue weighted by atomic mass is 9.84. The number of non-ortho nitro benzene ring substituents is 1. The molecule has 43 heavy (non-hydrogen) atoms. The second kappa shape index (κ2) is 11.8. The Morgan fingerprint density at radius 1 is 0.930 bits per heavy atom. The fourth-order valence-electron chi connectivity index (χ4n) is 5.01. The number of anilines is 2. The number of benzene rings is 4. The van der Waals surface area contributed by atoms with E-state index in [1.165, 1.54) is 23.9 Å². The molecule has 1 unspecified atom stereocenters. The largest absolute Gasteiger partial charge is 0.458 e. The van der Waals surface area contributed by atoms with E-state index in [1.807, 2.05) is 36.4 Å². The molecule has 1 aliphatic heterocycles. The maximum atomic E-state index is 11.4. The first kappa shape index (κ1) is 29.6. The van der Waals surface area contributed by atoms with Crippen molar-refractivity contribution in [1.82, 2.24) is 0 Å². The van der Waals surface area contributed by atoms with E-state index >= 15 is 0 Å². The summed E-state index contributed by atoms with van der Waals surface area (Å²) in [6.45, 7) is 4.39. The van der Waals surface area contributed by atoms with Gasteiger partial charge in [0.25, 0.3) is 5.69 Å². The zero-order valence-corrected chi connectivity index (χ0v) is 25.3. The Balaban J connectivity index is 1.39. The molecule has 1 N–H and O–H groups in total. The Morgan fingerprint density at radius 3 is 2.26 bits per heavy atom. The molecule has 10 nitrogen and oxygen atoms in total. The number of allylic oxidation sites excluding steroid dienone is 1. The molecule has 5 rings (SSSR count). The number of nitro benzene ring substituents is 2. The number of hydrazone groups is 1. The highest BCUT2D eigenvalue weighted by atomic mass is 32.4. The van der Waals surface area contributed by atoms with Gasteiger partial charge < -0.3 is 9.42 Å². The van der Waals surface area contributed by atoms with E-state index in [4.69, 9.17) is 16.3 Å². The molecule has 0 bridgehead atoms. The molecule has 0 spiro atoms. The average molecular weight is 614 g/mol. The van der Waals surface area contributed by atoms with Crippen LogP contribution in [0.1, 0.15) is 25.0 Å². The Hall–Kier alpha value is -4.86. The highest BCUT2D eigenvalue weighted by Gasteiger charge is 2.40. The number of likely N-dealkylation sites (N-methyl/N-ethyl adjacent to an activating group) is 1. The van der Waals surface area contributed by atoms with Crippen LogP contribution in [0.5, 0.6) is 5.75 Å². The van der Waals surface area contributed by atoms with E-state index in [-0.39, 0.29) is 16.8 Å². The van der Waals surface area contributed by atoms with Gasteiger partial charge in [-0.2, -0.15) is 5.10 Å². The van der Waals surface area contributed by atoms with E-state index < -0.39 is 21.8 Å². The number of nitrogens with one attached hydrogen (secondary N) is 1. The van der Waals surface area contributed by atoms with Crippen LogP contribution in [0, 0.1) is 20.2 Å². The molecule has 1 atom stereocenters. The van der Waals surface area contributed by atoms with Crippen LogP contribution in [0.25, 0.3) is 0 Å². The quantitative estimate of drug-likeness (QED) is 0.0902. The van der Waals surface area contributed by atoms with Gasteiger partial charge in [-0.3, -0.25) is 25.7 Å². The van der Waals surface area contributed by atoms with Crippen LogP contribution in [0.3, 0.4) is 0 Å². The summed E-state index contributed by atoms with van der Waals surface area (Å²) in [6.07, 6.45) is -1.24. The molecule has 0 amide bonds. The van der Waals surface area contributed by atoms with Crippen molar-refractivity contribution in [3.8, 4) is 5.75 Å². The summed E-state index contributed by atoms with van der Waals surface area (Å²) in [5.41, 5.74) is 5.69. The molecule has 0 saturated carbocycles. The van der Waals surface area contributed by atoms with Crippen molar-refractivity contribution in [2.75, 3.05) is 17.4 Å². The molecule has 0 saturated heterocycles. The van der Waals surface area contributed by atoms with E-state index in [1.54, 1.807) is 24.3 Å². The second-order valence-electron chi connectivity index (χ2n) is 10.4. The van der Waals surface area contributed by atoms with E-state index in [9.17, 15) is 20.2 Å². The normalized spacial score (nSPS) is 16.1. The van der Waals surface area contributed by atoms with Gasteiger partial charge in [-0.1, -0.05) is 62.4 Å². The zero-order valence-electron chi connectivity index (χ0n) is 23.6. The van der Waals surface area contributed by atoms with Crippen molar-refractivity contribution in [2.45, 2.75) is 19.3 Å². The minimum atomic E-state index is -2.72. The zero-order chi connectivity index (χ0) is 30.8. The number of nitrogens with zero attached hydrogens (tertiary/aromatic N) is 4. The van der Waals surface area contributed by atoms with Gasteiger partial charge in [-0.15, -0.1) is 0 Å². The average Bonchev–Trinajstić information content (AvgIpc) is 3.18. The van der Waals surface area contributed by atoms with Crippen molar-refractivity contribution in [2.24, 2.45) is 5.10 Å². The van der Waals surface area contributed by atoms with Crippen molar-refractivity contribution in [3.05, 3.63) is 140 Å². The summed E-state index contributed by atoms with van der Waals surface area (Å²) in [7, 11) is 2.05. The molecule has 0 aromatic heterocycles.